The molecule has 0 aliphatic carbocycles. The second-order valence-corrected chi connectivity index (χ2v) is 5.45. The van der Waals surface area contributed by atoms with Crippen molar-refractivity contribution in [2.24, 2.45) is 0 Å². The average Bonchev–Trinajstić information content (AvgIpc) is 2.38. The van der Waals surface area contributed by atoms with E-state index in [0.29, 0.717) is 0 Å². The summed E-state index contributed by atoms with van der Waals surface area (Å²) in [6, 6.07) is 5.84. The highest BCUT2D eigenvalue weighted by molar-refractivity contribution is 5.37. The molecule has 0 spiro atoms. The van der Waals surface area contributed by atoms with Gasteiger partial charge >= 0.3 is 0 Å². The van der Waals surface area contributed by atoms with Crippen molar-refractivity contribution >= 4 is 0 Å². The minimum Gasteiger partial charge on any atom is -0.497 e. The van der Waals surface area contributed by atoms with Gasteiger partial charge in [-0.1, -0.05) is 19.9 Å². The molecule has 3 nitrogen and oxygen atoms in total. The first-order valence-electron chi connectivity index (χ1n) is 6.96. The highest BCUT2D eigenvalue weighted by atomic mass is 16.5. The molecule has 0 amide bonds. The highest BCUT2D eigenvalue weighted by Crippen LogP contribution is 2.33. The van der Waals surface area contributed by atoms with E-state index < -0.39 is 6.10 Å². The Labute approximate surface area is 117 Å². The molecule has 0 fully saturated rings. The SMILES string of the molecule is CCN(CC)C(C)(C)C(O)c1ccc(OC)cc1C. The van der Waals surface area contributed by atoms with Gasteiger partial charge in [-0.15, -0.1) is 0 Å². The topological polar surface area (TPSA) is 32.7 Å². The lowest BCUT2D eigenvalue weighted by atomic mass is 9.87. The maximum atomic E-state index is 10.7. The third-order valence-electron chi connectivity index (χ3n) is 4.02. The molecule has 0 bridgehead atoms. The van der Waals surface area contributed by atoms with Crippen molar-refractivity contribution in [3.05, 3.63) is 29.3 Å². The van der Waals surface area contributed by atoms with Crippen LogP contribution >= 0.6 is 0 Å². The van der Waals surface area contributed by atoms with Gasteiger partial charge in [0.25, 0.3) is 0 Å². The Morgan fingerprint density at radius 1 is 1.26 bits per heavy atom. The molecule has 0 aliphatic rings. The number of rotatable bonds is 6. The standard InChI is InChI=1S/C16H27NO2/c1-7-17(8-2)16(4,5)15(18)14-10-9-13(19-6)11-12(14)3/h9-11,15,18H,7-8H2,1-6H3. The quantitative estimate of drug-likeness (QED) is 0.857. The molecule has 19 heavy (non-hydrogen) atoms. The van der Waals surface area contributed by atoms with Gasteiger partial charge in [-0.3, -0.25) is 4.90 Å². The Morgan fingerprint density at radius 2 is 1.84 bits per heavy atom. The number of benzene rings is 1. The van der Waals surface area contributed by atoms with Crippen LogP contribution in [0, 0.1) is 6.92 Å². The molecule has 0 saturated carbocycles. The van der Waals surface area contributed by atoms with E-state index in [4.69, 9.17) is 4.74 Å². The molecule has 1 unspecified atom stereocenters. The minimum absolute atomic E-state index is 0.289. The van der Waals surface area contributed by atoms with Gasteiger partial charge < -0.3 is 9.84 Å². The molecule has 0 aliphatic heterocycles. The van der Waals surface area contributed by atoms with Crippen molar-refractivity contribution in [1.29, 1.82) is 0 Å². The molecule has 108 valence electrons. The van der Waals surface area contributed by atoms with E-state index in [-0.39, 0.29) is 5.54 Å². The second kappa shape index (κ2) is 6.40. The molecule has 1 aromatic rings. The van der Waals surface area contributed by atoms with E-state index in [1.807, 2.05) is 25.1 Å². The van der Waals surface area contributed by atoms with Crippen LogP contribution in [0.1, 0.15) is 44.9 Å². The lowest BCUT2D eigenvalue weighted by Gasteiger charge is -2.41. The summed E-state index contributed by atoms with van der Waals surface area (Å²) in [5, 5.41) is 10.7. The van der Waals surface area contributed by atoms with E-state index in [9.17, 15) is 5.11 Å². The summed E-state index contributed by atoms with van der Waals surface area (Å²) < 4.78 is 5.21. The lowest BCUT2D eigenvalue weighted by Crippen LogP contribution is -2.48. The van der Waals surface area contributed by atoms with E-state index >= 15 is 0 Å². The molecule has 1 rings (SSSR count). The number of likely N-dealkylation sites (N-methyl/N-ethyl adjacent to an activating group) is 1. The summed E-state index contributed by atoms with van der Waals surface area (Å²) in [5.41, 5.74) is 1.74. The van der Waals surface area contributed by atoms with Crippen LogP contribution in [0.4, 0.5) is 0 Å². The number of aliphatic hydroxyl groups excluding tert-OH is 1. The Morgan fingerprint density at radius 3 is 2.26 bits per heavy atom. The van der Waals surface area contributed by atoms with Crippen molar-refractivity contribution in [1.82, 2.24) is 4.90 Å². The van der Waals surface area contributed by atoms with E-state index in [2.05, 4.69) is 32.6 Å². The summed E-state index contributed by atoms with van der Waals surface area (Å²) >= 11 is 0. The van der Waals surface area contributed by atoms with Crippen LogP contribution in [0.15, 0.2) is 18.2 Å². The third-order valence-corrected chi connectivity index (χ3v) is 4.02. The fraction of sp³-hybridized carbons (Fsp3) is 0.625. The fourth-order valence-electron chi connectivity index (χ4n) is 2.67. The summed E-state index contributed by atoms with van der Waals surface area (Å²) in [5.74, 6) is 0.828. The van der Waals surface area contributed by atoms with Gasteiger partial charge in [0.2, 0.25) is 0 Å². The molecule has 3 heteroatoms. The van der Waals surface area contributed by atoms with Gasteiger partial charge in [-0.2, -0.15) is 0 Å². The number of aliphatic hydroxyl groups is 1. The number of hydrogen-bond donors (Lipinski definition) is 1. The van der Waals surface area contributed by atoms with Gasteiger partial charge in [0.05, 0.1) is 13.2 Å². The third kappa shape index (κ3) is 3.28. The van der Waals surface area contributed by atoms with Gasteiger partial charge in [0.1, 0.15) is 5.75 Å². The Balaban J connectivity index is 3.08. The number of aryl methyl sites for hydroxylation is 1. The highest BCUT2D eigenvalue weighted by Gasteiger charge is 2.34. The van der Waals surface area contributed by atoms with Crippen molar-refractivity contribution in [3.63, 3.8) is 0 Å². The fourth-order valence-corrected chi connectivity index (χ4v) is 2.67. The summed E-state index contributed by atoms with van der Waals surface area (Å²) in [4.78, 5) is 2.28. The second-order valence-electron chi connectivity index (χ2n) is 5.45. The first-order valence-corrected chi connectivity index (χ1v) is 6.96. The van der Waals surface area contributed by atoms with Crippen LogP contribution < -0.4 is 4.74 Å². The normalized spacial score (nSPS) is 13.7. The lowest BCUT2D eigenvalue weighted by molar-refractivity contribution is -0.00662. The maximum Gasteiger partial charge on any atom is 0.119 e. The van der Waals surface area contributed by atoms with E-state index in [1.54, 1.807) is 7.11 Å². The van der Waals surface area contributed by atoms with E-state index in [0.717, 1.165) is 30.0 Å². The zero-order valence-electron chi connectivity index (χ0n) is 13.0. The minimum atomic E-state index is -0.515. The monoisotopic (exact) mass is 265 g/mol. The first kappa shape index (κ1) is 16.0. The molecule has 1 aromatic carbocycles. The Hall–Kier alpha value is -1.06. The van der Waals surface area contributed by atoms with Crippen LogP contribution in [0.3, 0.4) is 0 Å². The van der Waals surface area contributed by atoms with Gasteiger partial charge in [-0.25, -0.2) is 0 Å². The molecular formula is C16H27NO2. The Bertz CT molecular complexity index is 411. The molecule has 1 N–H and O–H groups in total. The summed E-state index contributed by atoms with van der Waals surface area (Å²) in [7, 11) is 1.66. The predicted molar refractivity (Wildman–Crippen MR) is 79.7 cm³/mol. The van der Waals surface area contributed by atoms with Crippen LogP contribution in [-0.2, 0) is 0 Å². The van der Waals surface area contributed by atoms with E-state index in [1.165, 1.54) is 0 Å². The summed E-state index contributed by atoms with van der Waals surface area (Å²) in [6.45, 7) is 12.3. The molecule has 0 heterocycles. The van der Waals surface area contributed by atoms with Crippen molar-refractivity contribution < 1.29 is 9.84 Å². The number of methoxy groups -OCH3 is 1. The van der Waals surface area contributed by atoms with Crippen LogP contribution in [0.5, 0.6) is 5.75 Å². The molecular weight excluding hydrogens is 238 g/mol. The van der Waals surface area contributed by atoms with Gasteiger partial charge in [0.15, 0.2) is 0 Å². The number of nitrogens with zero attached hydrogens (tertiary/aromatic N) is 1. The van der Waals surface area contributed by atoms with Crippen molar-refractivity contribution in [2.75, 3.05) is 20.2 Å². The molecule has 1 atom stereocenters. The average molecular weight is 265 g/mol. The number of ether oxygens (including phenoxy) is 1. The smallest absolute Gasteiger partial charge is 0.119 e. The zero-order valence-corrected chi connectivity index (χ0v) is 13.0. The Kier molecular flexibility index (Phi) is 5.39. The zero-order chi connectivity index (χ0) is 14.6. The predicted octanol–water partition coefficient (Wildman–Crippen LogP) is 3.16. The molecule has 0 saturated heterocycles. The number of hydrogen-bond acceptors (Lipinski definition) is 3. The van der Waals surface area contributed by atoms with Gasteiger partial charge in [0, 0.05) is 5.54 Å². The molecule has 0 aromatic heterocycles. The maximum absolute atomic E-state index is 10.7. The van der Waals surface area contributed by atoms with Crippen molar-refractivity contribution in [3.8, 4) is 5.75 Å². The largest absolute Gasteiger partial charge is 0.497 e. The first-order chi connectivity index (χ1) is 8.88. The van der Waals surface area contributed by atoms with Crippen LogP contribution in [0.2, 0.25) is 0 Å². The van der Waals surface area contributed by atoms with Crippen LogP contribution in [0.25, 0.3) is 0 Å². The van der Waals surface area contributed by atoms with Crippen molar-refractivity contribution in [2.45, 2.75) is 46.3 Å². The molecule has 0 radical (unpaired) electrons. The summed E-state index contributed by atoms with van der Waals surface area (Å²) in [6.07, 6.45) is -0.515. The van der Waals surface area contributed by atoms with Crippen LogP contribution in [-0.4, -0.2) is 35.7 Å². The van der Waals surface area contributed by atoms with Gasteiger partial charge in [-0.05, 0) is 57.1 Å².